The zero-order valence-electron chi connectivity index (χ0n) is 13.1. The molecule has 3 rings (SSSR count). The molecule has 6 heteroatoms. The summed E-state index contributed by atoms with van der Waals surface area (Å²) >= 11 is 0. The fraction of sp³-hybridized carbons (Fsp3) is 0.688. The van der Waals surface area contributed by atoms with Crippen LogP contribution in [-0.4, -0.2) is 45.6 Å². The number of aryl methyl sites for hydroxylation is 1. The highest BCUT2D eigenvalue weighted by Crippen LogP contribution is 2.29. The van der Waals surface area contributed by atoms with Gasteiger partial charge in [-0.15, -0.1) is 0 Å². The lowest BCUT2D eigenvalue weighted by atomic mass is 10.1. The molecular formula is C16H24N4O2. The van der Waals surface area contributed by atoms with Gasteiger partial charge in [-0.1, -0.05) is 12.8 Å². The van der Waals surface area contributed by atoms with E-state index in [1.165, 1.54) is 12.8 Å². The van der Waals surface area contributed by atoms with Crippen LogP contribution in [0.25, 0.3) is 0 Å². The van der Waals surface area contributed by atoms with Crippen molar-refractivity contribution in [3.63, 3.8) is 0 Å². The minimum Gasteiger partial charge on any atom is -0.354 e. The first-order valence-electron chi connectivity index (χ1n) is 8.20. The molecule has 1 aromatic heterocycles. The molecule has 2 aliphatic rings. The van der Waals surface area contributed by atoms with Gasteiger partial charge in [-0.2, -0.15) is 5.10 Å². The smallest absolute Gasteiger partial charge is 0.225 e. The van der Waals surface area contributed by atoms with Crippen molar-refractivity contribution >= 4 is 11.8 Å². The normalized spacial score (nSPS) is 22.5. The molecule has 120 valence electrons. The van der Waals surface area contributed by atoms with Crippen LogP contribution in [0, 0.1) is 12.8 Å². The minimum absolute atomic E-state index is 0.00211. The van der Waals surface area contributed by atoms with E-state index in [1.807, 2.05) is 22.7 Å². The summed E-state index contributed by atoms with van der Waals surface area (Å²) in [5.74, 6) is -0.0417. The second-order valence-corrected chi connectivity index (χ2v) is 6.46. The summed E-state index contributed by atoms with van der Waals surface area (Å²) in [7, 11) is 0. The highest BCUT2D eigenvalue weighted by molar-refractivity contribution is 5.89. The lowest BCUT2D eigenvalue weighted by molar-refractivity contribution is -0.130. The Labute approximate surface area is 130 Å². The van der Waals surface area contributed by atoms with E-state index in [2.05, 4.69) is 10.4 Å². The van der Waals surface area contributed by atoms with Gasteiger partial charge in [0, 0.05) is 31.7 Å². The van der Waals surface area contributed by atoms with Crippen LogP contribution in [0.4, 0.5) is 0 Å². The molecule has 1 aliphatic heterocycles. The van der Waals surface area contributed by atoms with Gasteiger partial charge in [0.2, 0.25) is 11.8 Å². The van der Waals surface area contributed by atoms with Crippen LogP contribution in [0.15, 0.2) is 12.4 Å². The van der Waals surface area contributed by atoms with Crippen LogP contribution in [0.1, 0.15) is 37.7 Å². The Hall–Kier alpha value is -1.85. The number of aromatic nitrogens is 2. The molecule has 1 aliphatic carbocycles. The van der Waals surface area contributed by atoms with Crippen LogP contribution >= 0.6 is 0 Å². The van der Waals surface area contributed by atoms with E-state index in [0.717, 1.165) is 18.4 Å². The Balaban J connectivity index is 1.45. The van der Waals surface area contributed by atoms with E-state index in [4.69, 9.17) is 0 Å². The standard InChI is InChI=1S/C16H24N4O2/c1-12-9-18-19(10-12)7-6-17-16(22)13-8-15(21)20(11-13)14-4-2-3-5-14/h9-10,13-14H,2-8,11H2,1H3,(H,17,22). The molecule has 0 aromatic carbocycles. The third-order valence-electron chi connectivity index (χ3n) is 4.70. The Morgan fingerprint density at radius 1 is 1.41 bits per heavy atom. The Morgan fingerprint density at radius 3 is 2.86 bits per heavy atom. The van der Waals surface area contributed by atoms with Crippen molar-refractivity contribution in [3.05, 3.63) is 18.0 Å². The maximum atomic E-state index is 12.2. The number of hydrogen-bond donors (Lipinski definition) is 1. The third kappa shape index (κ3) is 3.31. The second-order valence-electron chi connectivity index (χ2n) is 6.46. The molecule has 2 heterocycles. The summed E-state index contributed by atoms with van der Waals surface area (Å²) in [6.07, 6.45) is 8.72. The number of nitrogens with zero attached hydrogens (tertiary/aromatic N) is 3. The molecule has 1 N–H and O–H groups in total. The highest BCUT2D eigenvalue weighted by Gasteiger charge is 2.38. The van der Waals surface area contributed by atoms with Gasteiger partial charge in [0.05, 0.1) is 18.7 Å². The molecule has 6 nitrogen and oxygen atoms in total. The fourth-order valence-electron chi connectivity index (χ4n) is 3.50. The maximum Gasteiger partial charge on any atom is 0.225 e. The average Bonchev–Trinajstić information content (AvgIpc) is 3.19. The summed E-state index contributed by atoms with van der Waals surface area (Å²) in [4.78, 5) is 26.3. The van der Waals surface area contributed by atoms with Crippen molar-refractivity contribution in [2.24, 2.45) is 5.92 Å². The zero-order chi connectivity index (χ0) is 15.5. The van der Waals surface area contributed by atoms with Crippen LogP contribution in [0.3, 0.4) is 0 Å². The first kappa shape index (κ1) is 15.1. The SMILES string of the molecule is Cc1cnn(CCNC(=O)C2CC(=O)N(C3CCCC3)C2)c1. The molecule has 0 bridgehead atoms. The highest BCUT2D eigenvalue weighted by atomic mass is 16.2. The lowest BCUT2D eigenvalue weighted by Crippen LogP contribution is -2.37. The number of rotatable bonds is 5. The molecule has 1 atom stereocenters. The predicted octanol–water partition coefficient (Wildman–Crippen LogP) is 1.10. The number of likely N-dealkylation sites (tertiary alicyclic amines) is 1. The van der Waals surface area contributed by atoms with Crippen LogP contribution in [0.5, 0.6) is 0 Å². The van der Waals surface area contributed by atoms with Gasteiger partial charge in [-0.3, -0.25) is 14.3 Å². The van der Waals surface area contributed by atoms with E-state index in [-0.39, 0.29) is 17.7 Å². The van der Waals surface area contributed by atoms with Gasteiger partial charge in [-0.05, 0) is 25.3 Å². The first-order chi connectivity index (χ1) is 10.6. The summed E-state index contributed by atoms with van der Waals surface area (Å²) < 4.78 is 1.82. The maximum absolute atomic E-state index is 12.2. The predicted molar refractivity (Wildman–Crippen MR) is 82.0 cm³/mol. The number of nitrogens with one attached hydrogen (secondary N) is 1. The van der Waals surface area contributed by atoms with Gasteiger partial charge >= 0.3 is 0 Å². The van der Waals surface area contributed by atoms with Crippen molar-refractivity contribution in [2.45, 2.75) is 51.6 Å². The Bertz CT molecular complexity index is 548. The average molecular weight is 304 g/mol. The van der Waals surface area contributed by atoms with Gasteiger partial charge in [0.15, 0.2) is 0 Å². The topological polar surface area (TPSA) is 67.2 Å². The van der Waals surface area contributed by atoms with Crippen molar-refractivity contribution in [2.75, 3.05) is 13.1 Å². The quantitative estimate of drug-likeness (QED) is 0.886. The molecule has 1 saturated heterocycles. The van der Waals surface area contributed by atoms with Crippen molar-refractivity contribution in [1.29, 1.82) is 0 Å². The summed E-state index contributed by atoms with van der Waals surface area (Å²) in [5.41, 5.74) is 1.11. The summed E-state index contributed by atoms with van der Waals surface area (Å²) in [6, 6.07) is 0.373. The Kier molecular flexibility index (Phi) is 4.45. The first-order valence-corrected chi connectivity index (χ1v) is 8.20. The molecule has 0 spiro atoms. The molecule has 2 amide bonds. The largest absolute Gasteiger partial charge is 0.354 e. The Morgan fingerprint density at radius 2 is 2.18 bits per heavy atom. The van der Waals surface area contributed by atoms with Gasteiger partial charge in [-0.25, -0.2) is 0 Å². The molecule has 0 radical (unpaired) electrons. The number of hydrogen-bond acceptors (Lipinski definition) is 3. The van der Waals surface area contributed by atoms with Crippen LogP contribution in [0.2, 0.25) is 0 Å². The van der Waals surface area contributed by atoms with E-state index in [1.54, 1.807) is 6.20 Å². The van der Waals surface area contributed by atoms with Gasteiger partial charge in [0.25, 0.3) is 0 Å². The van der Waals surface area contributed by atoms with Gasteiger partial charge in [0.1, 0.15) is 0 Å². The molecule has 2 fully saturated rings. The number of carbonyl (C=O) groups is 2. The van der Waals surface area contributed by atoms with E-state index < -0.39 is 0 Å². The van der Waals surface area contributed by atoms with Crippen LogP contribution in [-0.2, 0) is 16.1 Å². The van der Waals surface area contributed by atoms with Crippen molar-refractivity contribution in [1.82, 2.24) is 20.0 Å². The molecule has 1 unspecified atom stereocenters. The van der Waals surface area contributed by atoms with E-state index >= 15 is 0 Å². The summed E-state index contributed by atoms with van der Waals surface area (Å²) in [5, 5.41) is 7.12. The lowest BCUT2D eigenvalue weighted by Gasteiger charge is -2.23. The van der Waals surface area contributed by atoms with Crippen molar-refractivity contribution in [3.8, 4) is 0 Å². The number of carbonyl (C=O) groups excluding carboxylic acids is 2. The monoisotopic (exact) mass is 304 g/mol. The summed E-state index contributed by atoms with van der Waals surface area (Å²) in [6.45, 7) is 3.79. The second kappa shape index (κ2) is 6.50. The zero-order valence-corrected chi connectivity index (χ0v) is 13.1. The fourth-order valence-corrected chi connectivity index (χ4v) is 3.50. The minimum atomic E-state index is -0.188. The molecule has 1 saturated carbocycles. The number of amides is 2. The van der Waals surface area contributed by atoms with Crippen LogP contribution < -0.4 is 5.32 Å². The molecule has 22 heavy (non-hydrogen) atoms. The molecule has 1 aromatic rings. The van der Waals surface area contributed by atoms with E-state index in [0.29, 0.717) is 32.1 Å². The third-order valence-corrected chi connectivity index (χ3v) is 4.70. The molecular weight excluding hydrogens is 280 g/mol. The van der Waals surface area contributed by atoms with Gasteiger partial charge < -0.3 is 10.2 Å². The van der Waals surface area contributed by atoms with E-state index in [9.17, 15) is 9.59 Å². The van der Waals surface area contributed by atoms with Crippen molar-refractivity contribution < 1.29 is 9.59 Å².